The van der Waals surface area contributed by atoms with Crippen molar-refractivity contribution in [1.29, 1.82) is 0 Å². The Balaban J connectivity index is 1.95. The Hall–Kier alpha value is -1.02. The van der Waals surface area contributed by atoms with E-state index in [1.807, 2.05) is 0 Å². The van der Waals surface area contributed by atoms with E-state index in [9.17, 15) is 0 Å². The third kappa shape index (κ3) is 3.49. The van der Waals surface area contributed by atoms with Crippen LogP contribution in [0.5, 0.6) is 0 Å². The summed E-state index contributed by atoms with van der Waals surface area (Å²) in [7, 11) is 2.09. The normalized spacial score (nSPS) is 16.8. The number of nitrogens with zero attached hydrogens (tertiary/aromatic N) is 1. The molecule has 0 saturated heterocycles. The zero-order chi connectivity index (χ0) is 12.8. The van der Waals surface area contributed by atoms with Crippen LogP contribution in [0.25, 0.3) is 0 Å². The number of hydrogen-bond acceptors (Lipinski definition) is 2. The molecule has 1 aliphatic carbocycles. The molecular formula is C16H25NO. The molecule has 1 aliphatic rings. The maximum atomic E-state index is 8.85. The van der Waals surface area contributed by atoms with Gasteiger partial charge < -0.3 is 10.0 Å². The number of anilines is 1. The summed E-state index contributed by atoms with van der Waals surface area (Å²) in [5, 5.41) is 8.85. The molecule has 1 aromatic rings. The molecule has 2 rings (SSSR count). The van der Waals surface area contributed by atoms with Gasteiger partial charge >= 0.3 is 0 Å². The van der Waals surface area contributed by atoms with Gasteiger partial charge in [0.25, 0.3) is 0 Å². The monoisotopic (exact) mass is 247 g/mol. The summed E-state index contributed by atoms with van der Waals surface area (Å²) in [6.45, 7) is 1.18. The fourth-order valence-corrected chi connectivity index (χ4v) is 2.87. The number of rotatable bonds is 5. The first kappa shape index (κ1) is 13.4. The summed E-state index contributed by atoms with van der Waals surface area (Å²) in [4.78, 5) is 2.21. The molecule has 2 heteroatoms. The maximum Gasteiger partial charge on any atom is 0.0447 e. The van der Waals surface area contributed by atoms with Crippen LogP contribution in [0, 0.1) is 0 Å². The van der Waals surface area contributed by atoms with Gasteiger partial charge in [-0.1, -0.05) is 31.4 Å². The van der Waals surface area contributed by atoms with E-state index in [-0.39, 0.29) is 6.61 Å². The van der Waals surface area contributed by atoms with Crippen LogP contribution in [0.4, 0.5) is 5.69 Å². The molecule has 0 atom stereocenters. The van der Waals surface area contributed by atoms with Crippen LogP contribution in [0.3, 0.4) is 0 Å². The largest absolute Gasteiger partial charge is 0.396 e. The molecule has 0 heterocycles. The van der Waals surface area contributed by atoms with Crippen LogP contribution in [-0.2, 0) is 0 Å². The summed E-state index contributed by atoms with van der Waals surface area (Å²) >= 11 is 0. The average Bonchev–Trinajstić information content (AvgIpc) is 2.46. The van der Waals surface area contributed by atoms with Crippen molar-refractivity contribution in [3.05, 3.63) is 29.8 Å². The second-order valence-electron chi connectivity index (χ2n) is 5.43. The van der Waals surface area contributed by atoms with Gasteiger partial charge in [-0.3, -0.25) is 0 Å². The van der Waals surface area contributed by atoms with Crippen molar-refractivity contribution >= 4 is 5.69 Å². The Labute approximate surface area is 111 Å². The first-order chi connectivity index (χ1) is 8.81. The molecule has 0 amide bonds. The van der Waals surface area contributed by atoms with Gasteiger partial charge in [0, 0.05) is 25.9 Å². The Kier molecular flexibility index (Phi) is 5.06. The van der Waals surface area contributed by atoms with Gasteiger partial charge in [0.15, 0.2) is 0 Å². The van der Waals surface area contributed by atoms with E-state index < -0.39 is 0 Å². The number of aliphatic hydroxyl groups excluding tert-OH is 1. The molecule has 2 nitrogen and oxygen atoms in total. The van der Waals surface area contributed by atoms with Crippen LogP contribution in [0.1, 0.15) is 50.0 Å². The van der Waals surface area contributed by atoms with Crippen LogP contribution < -0.4 is 4.90 Å². The van der Waals surface area contributed by atoms with Crippen molar-refractivity contribution in [2.75, 3.05) is 25.1 Å². The maximum absolute atomic E-state index is 8.85. The fourth-order valence-electron chi connectivity index (χ4n) is 2.87. The standard InChI is InChI=1S/C16H25NO/c1-17(12-5-13-18)16-10-8-15(9-11-16)14-6-3-2-4-7-14/h8-11,14,18H,2-7,12-13H2,1H3. The first-order valence-electron chi connectivity index (χ1n) is 7.23. The summed E-state index contributed by atoms with van der Waals surface area (Å²) in [5.74, 6) is 0.788. The summed E-state index contributed by atoms with van der Waals surface area (Å²) in [6, 6.07) is 9.03. The Morgan fingerprint density at radius 3 is 2.39 bits per heavy atom. The highest BCUT2D eigenvalue weighted by Crippen LogP contribution is 2.33. The van der Waals surface area contributed by atoms with E-state index in [2.05, 4.69) is 36.2 Å². The van der Waals surface area contributed by atoms with E-state index in [4.69, 9.17) is 5.11 Å². The van der Waals surface area contributed by atoms with Crippen LogP contribution in [0.15, 0.2) is 24.3 Å². The SMILES string of the molecule is CN(CCCO)c1ccc(C2CCCCC2)cc1. The molecule has 18 heavy (non-hydrogen) atoms. The lowest BCUT2D eigenvalue weighted by molar-refractivity contribution is 0.290. The molecule has 1 aromatic carbocycles. The van der Waals surface area contributed by atoms with Gasteiger partial charge in [-0.2, -0.15) is 0 Å². The van der Waals surface area contributed by atoms with Crippen LogP contribution in [-0.4, -0.2) is 25.3 Å². The topological polar surface area (TPSA) is 23.5 Å². The Bertz CT molecular complexity index is 341. The summed E-state index contributed by atoms with van der Waals surface area (Å²) in [6.07, 6.45) is 7.75. The minimum Gasteiger partial charge on any atom is -0.396 e. The third-order valence-corrected chi connectivity index (χ3v) is 4.06. The number of hydrogen-bond donors (Lipinski definition) is 1. The van der Waals surface area contributed by atoms with Gasteiger partial charge in [0.05, 0.1) is 0 Å². The van der Waals surface area contributed by atoms with Gasteiger partial charge in [0.2, 0.25) is 0 Å². The third-order valence-electron chi connectivity index (χ3n) is 4.06. The number of benzene rings is 1. The zero-order valence-electron chi connectivity index (χ0n) is 11.4. The van der Waals surface area contributed by atoms with E-state index in [1.54, 1.807) is 0 Å². The predicted molar refractivity (Wildman–Crippen MR) is 77.2 cm³/mol. The van der Waals surface area contributed by atoms with Crippen molar-refractivity contribution in [1.82, 2.24) is 0 Å². The minimum atomic E-state index is 0.268. The summed E-state index contributed by atoms with van der Waals surface area (Å²) < 4.78 is 0. The van der Waals surface area contributed by atoms with E-state index in [0.29, 0.717) is 0 Å². The lowest BCUT2D eigenvalue weighted by Gasteiger charge is -2.23. The number of aliphatic hydroxyl groups is 1. The molecular weight excluding hydrogens is 222 g/mol. The Morgan fingerprint density at radius 1 is 1.11 bits per heavy atom. The molecule has 0 spiro atoms. The predicted octanol–water partition coefficient (Wildman–Crippen LogP) is 3.55. The lowest BCUT2D eigenvalue weighted by Crippen LogP contribution is -2.19. The van der Waals surface area contributed by atoms with E-state index in [1.165, 1.54) is 43.4 Å². The lowest BCUT2D eigenvalue weighted by atomic mass is 9.84. The molecule has 1 fully saturated rings. The molecule has 100 valence electrons. The molecule has 0 bridgehead atoms. The average molecular weight is 247 g/mol. The van der Waals surface area contributed by atoms with Crippen molar-refractivity contribution in [3.63, 3.8) is 0 Å². The van der Waals surface area contributed by atoms with Gasteiger partial charge in [0.1, 0.15) is 0 Å². The molecule has 1 saturated carbocycles. The zero-order valence-corrected chi connectivity index (χ0v) is 11.4. The molecule has 0 aliphatic heterocycles. The van der Waals surface area contributed by atoms with Crippen molar-refractivity contribution in [2.45, 2.75) is 44.4 Å². The fraction of sp³-hybridized carbons (Fsp3) is 0.625. The van der Waals surface area contributed by atoms with Gasteiger partial charge in [-0.15, -0.1) is 0 Å². The highest BCUT2D eigenvalue weighted by Gasteiger charge is 2.15. The smallest absolute Gasteiger partial charge is 0.0447 e. The van der Waals surface area contributed by atoms with E-state index in [0.717, 1.165) is 18.9 Å². The highest BCUT2D eigenvalue weighted by atomic mass is 16.3. The quantitative estimate of drug-likeness (QED) is 0.860. The van der Waals surface area contributed by atoms with Crippen molar-refractivity contribution in [2.24, 2.45) is 0 Å². The van der Waals surface area contributed by atoms with Gasteiger partial charge in [-0.25, -0.2) is 0 Å². The molecule has 0 radical (unpaired) electrons. The Morgan fingerprint density at radius 2 is 1.78 bits per heavy atom. The first-order valence-corrected chi connectivity index (χ1v) is 7.23. The van der Waals surface area contributed by atoms with Crippen LogP contribution >= 0.6 is 0 Å². The summed E-state index contributed by atoms with van der Waals surface area (Å²) in [5.41, 5.74) is 2.76. The second-order valence-corrected chi connectivity index (χ2v) is 5.43. The van der Waals surface area contributed by atoms with Crippen molar-refractivity contribution in [3.8, 4) is 0 Å². The van der Waals surface area contributed by atoms with E-state index >= 15 is 0 Å². The second kappa shape index (κ2) is 6.79. The van der Waals surface area contributed by atoms with Crippen LogP contribution in [0.2, 0.25) is 0 Å². The van der Waals surface area contributed by atoms with Gasteiger partial charge in [-0.05, 0) is 42.9 Å². The van der Waals surface area contributed by atoms with Crippen molar-refractivity contribution < 1.29 is 5.11 Å². The minimum absolute atomic E-state index is 0.268. The molecule has 1 N–H and O–H groups in total. The molecule has 0 aromatic heterocycles. The highest BCUT2D eigenvalue weighted by molar-refractivity contribution is 5.47. The molecule has 0 unspecified atom stereocenters.